The molecule has 0 saturated heterocycles. The Balaban J connectivity index is 3.12. The molecule has 0 aromatic rings. The molecule has 1 N–H and O–H groups in total. The van der Waals surface area contributed by atoms with Gasteiger partial charge in [-0.2, -0.15) is 4.89 Å². The molecule has 4 heteroatoms. The van der Waals surface area contributed by atoms with E-state index in [9.17, 15) is 4.79 Å². The van der Waals surface area contributed by atoms with Gasteiger partial charge >= 0.3 is 6.09 Å². The number of carbonyl (C=O) groups excluding carboxylic acids is 1. The third kappa shape index (κ3) is 15.2. The minimum absolute atomic E-state index is 0.470. The fourth-order valence-corrected chi connectivity index (χ4v) is 1.81. The Hall–Kier alpha value is -0.770. The SMILES string of the molecule is CCCCCCCCCNC(=O)OOCCCCC. The molecule has 0 heterocycles. The third-order valence-corrected chi connectivity index (χ3v) is 3.02. The molecule has 0 unspecified atom stereocenters. The van der Waals surface area contributed by atoms with E-state index in [0.29, 0.717) is 13.2 Å². The van der Waals surface area contributed by atoms with Crippen molar-refractivity contribution in [2.24, 2.45) is 0 Å². The first-order valence-corrected chi connectivity index (χ1v) is 7.88. The molecule has 0 rings (SSSR count). The molecule has 0 atom stereocenters. The zero-order valence-electron chi connectivity index (χ0n) is 12.7. The molecule has 0 radical (unpaired) electrons. The lowest BCUT2D eigenvalue weighted by Gasteiger charge is -2.05. The Morgan fingerprint density at radius 3 is 2.11 bits per heavy atom. The molecular formula is C15H31NO3. The molecule has 1 amide bonds. The quantitative estimate of drug-likeness (QED) is 0.303. The smallest absolute Gasteiger partial charge is 0.319 e. The van der Waals surface area contributed by atoms with Crippen molar-refractivity contribution >= 4 is 6.09 Å². The number of hydrogen-bond donors (Lipinski definition) is 1. The monoisotopic (exact) mass is 273 g/mol. The van der Waals surface area contributed by atoms with Crippen LogP contribution in [0.25, 0.3) is 0 Å². The zero-order valence-corrected chi connectivity index (χ0v) is 12.7. The van der Waals surface area contributed by atoms with Gasteiger partial charge < -0.3 is 5.32 Å². The van der Waals surface area contributed by atoms with Gasteiger partial charge in [0.25, 0.3) is 0 Å². The van der Waals surface area contributed by atoms with Gasteiger partial charge in [-0.1, -0.05) is 65.2 Å². The highest BCUT2D eigenvalue weighted by molar-refractivity contribution is 5.66. The van der Waals surface area contributed by atoms with Crippen LogP contribution in [0.3, 0.4) is 0 Å². The first-order chi connectivity index (χ1) is 9.31. The van der Waals surface area contributed by atoms with Crippen molar-refractivity contribution in [3.63, 3.8) is 0 Å². The van der Waals surface area contributed by atoms with Crippen molar-refractivity contribution in [2.45, 2.75) is 78.1 Å². The van der Waals surface area contributed by atoms with Crippen LogP contribution in [-0.2, 0) is 9.78 Å². The second-order valence-corrected chi connectivity index (χ2v) is 4.95. The number of nitrogens with one attached hydrogen (secondary N) is 1. The molecule has 0 aromatic carbocycles. The van der Waals surface area contributed by atoms with E-state index in [4.69, 9.17) is 4.89 Å². The Morgan fingerprint density at radius 2 is 1.42 bits per heavy atom. The van der Waals surface area contributed by atoms with Crippen LogP contribution in [-0.4, -0.2) is 19.2 Å². The van der Waals surface area contributed by atoms with E-state index < -0.39 is 6.09 Å². The predicted molar refractivity (Wildman–Crippen MR) is 78.0 cm³/mol. The molecule has 0 spiro atoms. The molecule has 0 aliphatic heterocycles. The van der Waals surface area contributed by atoms with Gasteiger partial charge in [0.05, 0.1) is 6.61 Å². The van der Waals surface area contributed by atoms with Crippen molar-refractivity contribution in [3.05, 3.63) is 0 Å². The first-order valence-electron chi connectivity index (χ1n) is 7.88. The molecule has 0 bridgehead atoms. The number of carbonyl (C=O) groups is 1. The van der Waals surface area contributed by atoms with Gasteiger partial charge in [-0.25, -0.2) is 4.79 Å². The third-order valence-electron chi connectivity index (χ3n) is 3.02. The minimum atomic E-state index is -0.470. The summed E-state index contributed by atoms with van der Waals surface area (Å²) in [6.45, 7) is 5.50. The van der Waals surface area contributed by atoms with Gasteiger partial charge in [0.2, 0.25) is 0 Å². The van der Waals surface area contributed by atoms with E-state index >= 15 is 0 Å². The van der Waals surface area contributed by atoms with E-state index in [0.717, 1.165) is 25.7 Å². The fourth-order valence-electron chi connectivity index (χ4n) is 1.81. The van der Waals surface area contributed by atoms with E-state index in [1.807, 2.05) is 0 Å². The van der Waals surface area contributed by atoms with Gasteiger partial charge in [0, 0.05) is 6.54 Å². The summed E-state index contributed by atoms with van der Waals surface area (Å²) in [5.41, 5.74) is 0. The van der Waals surface area contributed by atoms with Crippen molar-refractivity contribution in [1.29, 1.82) is 0 Å². The van der Waals surface area contributed by atoms with Crippen molar-refractivity contribution in [1.82, 2.24) is 5.32 Å². The summed E-state index contributed by atoms with van der Waals surface area (Å²) in [7, 11) is 0. The summed E-state index contributed by atoms with van der Waals surface area (Å²) < 4.78 is 0. The Bertz CT molecular complexity index is 198. The van der Waals surface area contributed by atoms with Gasteiger partial charge in [-0.3, -0.25) is 4.89 Å². The second kappa shape index (κ2) is 15.3. The van der Waals surface area contributed by atoms with Crippen LogP contribution >= 0.6 is 0 Å². The molecule has 0 saturated carbocycles. The highest BCUT2D eigenvalue weighted by atomic mass is 17.2. The Morgan fingerprint density at radius 1 is 0.842 bits per heavy atom. The van der Waals surface area contributed by atoms with Crippen molar-refractivity contribution < 1.29 is 14.6 Å². The molecular weight excluding hydrogens is 242 g/mol. The maximum absolute atomic E-state index is 11.2. The van der Waals surface area contributed by atoms with Crippen LogP contribution in [0, 0.1) is 0 Å². The normalized spacial score (nSPS) is 10.4. The van der Waals surface area contributed by atoms with Crippen LogP contribution < -0.4 is 5.32 Å². The van der Waals surface area contributed by atoms with E-state index in [1.165, 1.54) is 38.5 Å². The van der Waals surface area contributed by atoms with Crippen molar-refractivity contribution in [2.75, 3.05) is 13.2 Å². The number of hydrogen-bond acceptors (Lipinski definition) is 3. The number of rotatable bonds is 13. The zero-order chi connectivity index (χ0) is 14.2. The van der Waals surface area contributed by atoms with Gasteiger partial charge in [-0.05, 0) is 12.8 Å². The van der Waals surface area contributed by atoms with Crippen LogP contribution in [0.4, 0.5) is 4.79 Å². The summed E-state index contributed by atoms with van der Waals surface area (Å²) >= 11 is 0. The van der Waals surface area contributed by atoms with Crippen LogP contribution in [0.2, 0.25) is 0 Å². The topological polar surface area (TPSA) is 47.6 Å². The molecule has 0 fully saturated rings. The van der Waals surface area contributed by atoms with Gasteiger partial charge in [0.15, 0.2) is 0 Å². The lowest BCUT2D eigenvalue weighted by Crippen LogP contribution is -2.25. The average Bonchev–Trinajstić information content (AvgIpc) is 2.41. The minimum Gasteiger partial charge on any atom is -0.319 e. The fraction of sp³-hybridized carbons (Fsp3) is 0.933. The number of amides is 1. The first kappa shape index (κ1) is 18.2. The maximum atomic E-state index is 11.2. The van der Waals surface area contributed by atoms with Gasteiger partial charge in [-0.15, -0.1) is 0 Å². The second-order valence-electron chi connectivity index (χ2n) is 4.95. The Labute approximate surface area is 118 Å². The molecule has 0 aliphatic carbocycles. The highest BCUT2D eigenvalue weighted by Gasteiger charge is 2.01. The van der Waals surface area contributed by atoms with E-state index in [1.54, 1.807) is 0 Å². The summed E-state index contributed by atoms with van der Waals surface area (Å²) in [5.74, 6) is 0. The summed E-state index contributed by atoms with van der Waals surface area (Å²) in [5, 5.41) is 2.69. The van der Waals surface area contributed by atoms with Crippen LogP contribution in [0.5, 0.6) is 0 Å². The number of unbranched alkanes of at least 4 members (excludes halogenated alkanes) is 8. The summed E-state index contributed by atoms with van der Waals surface area (Å²) in [6.07, 6.45) is 11.4. The Kier molecular flexibility index (Phi) is 14.7. The molecule has 114 valence electrons. The van der Waals surface area contributed by atoms with Crippen molar-refractivity contribution in [3.8, 4) is 0 Å². The van der Waals surface area contributed by atoms with Gasteiger partial charge in [0.1, 0.15) is 0 Å². The molecule has 0 aliphatic rings. The maximum Gasteiger partial charge on any atom is 0.438 e. The summed E-state index contributed by atoms with van der Waals surface area (Å²) in [4.78, 5) is 20.6. The average molecular weight is 273 g/mol. The lowest BCUT2D eigenvalue weighted by molar-refractivity contribution is -0.239. The predicted octanol–water partition coefficient (Wildman–Crippen LogP) is 4.59. The molecule has 19 heavy (non-hydrogen) atoms. The molecule has 0 aromatic heterocycles. The van der Waals surface area contributed by atoms with E-state index in [2.05, 4.69) is 24.1 Å². The molecule has 4 nitrogen and oxygen atoms in total. The van der Waals surface area contributed by atoms with Crippen LogP contribution in [0.1, 0.15) is 78.1 Å². The summed E-state index contributed by atoms with van der Waals surface area (Å²) in [6, 6.07) is 0. The standard InChI is InChI=1S/C15H31NO3/c1-3-5-7-8-9-10-11-13-16-15(17)19-18-14-12-6-4-2/h3-14H2,1-2H3,(H,16,17). The van der Waals surface area contributed by atoms with E-state index in [-0.39, 0.29) is 0 Å². The highest BCUT2D eigenvalue weighted by Crippen LogP contribution is 2.06. The van der Waals surface area contributed by atoms with Crippen LogP contribution in [0.15, 0.2) is 0 Å². The lowest BCUT2D eigenvalue weighted by atomic mass is 10.1. The largest absolute Gasteiger partial charge is 0.438 e.